The molecule has 4 fully saturated rings. The van der Waals surface area contributed by atoms with Crippen LogP contribution >= 0.6 is 0 Å². The Labute approximate surface area is 247 Å². The van der Waals surface area contributed by atoms with E-state index in [1.54, 1.807) is 0 Å². The number of hydrogen-bond acceptors (Lipinski definition) is 10. The first-order chi connectivity index (χ1) is 20.4. The van der Waals surface area contributed by atoms with Crippen LogP contribution in [0.25, 0.3) is 0 Å². The molecular formula is C32H42O10. The Bertz CT molecular complexity index is 1100. The molecule has 4 aliphatic rings. The van der Waals surface area contributed by atoms with Crippen molar-refractivity contribution in [3.63, 3.8) is 0 Å². The molecule has 0 spiro atoms. The first-order valence-corrected chi connectivity index (χ1v) is 14.8. The fourth-order valence-electron chi connectivity index (χ4n) is 5.68. The smallest absolute Gasteiger partial charge is 0.283 e. The van der Waals surface area contributed by atoms with Crippen molar-refractivity contribution in [2.45, 2.75) is 43.9 Å². The molecule has 2 aromatic carbocycles. The van der Waals surface area contributed by atoms with Crippen LogP contribution in [0.3, 0.4) is 0 Å². The molecule has 2 aromatic rings. The summed E-state index contributed by atoms with van der Waals surface area (Å²) in [6.07, 6.45) is 0.413. The van der Waals surface area contributed by atoms with Crippen LogP contribution in [0.5, 0.6) is 0 Å². The Morgan fingerprint density at radius 1 is 0.690 bits per heavy atom. The number of ether oxygens (including phenoxy) is 9. The summed E-state index contributed by atoms with van der Waals surface area (Å²) >= 11 is 0. The van der Waals surface area contributed by atoms with Crippen LogP contribution in [-0.2, 0) is 42.6 Å². The van der Waals surface area contributed by atoms with Gasteiger partial charge in [-0.3, -0.25) is 0 Å². The van der Waals surface area contributed by atoms with E-state index in [1.807, 2.05) is 67.6 Å². The zero-order valence-electron chi connectivity index (χ0n) is 24.2. The minimum absolute atomic E-state index is 0.117. The summed E-state index contributed by atoms with van der Waals surface area (Å²) in [6, 6.07) is 19.7. The van der Waals surface area contributed by atoms with Crippen LogP contribution < -0.4 is 0 Å². The molecule has 1 N–H and O–H groups in total. The lowest BCUT2D eigenvalue weighted by atomic mass is 9.89. The van der Waals surface area contributed by atoms with Gasteiger partial charge in [0.25, 0.3) is 5.97 Å². The largest absolute Gasteiger partial charge is 0.396 e. The number of hydrogen-bond donors (Lipinski definition) is 1. The van der Waals surface area contributed by atoms with Crippen LogP contribution in [0.4, 0.5) is 0 Å². The van der Waals surface area contributed by atoms with Gasteiger partial charge in [-0.25, -0.2) is 0 Å². The highest BCUT2D eigenvalue weighted by molar-refractivity contribution is 5.17. The first kappa shape index (κ1) is 30.1. The Morgan fingerprint density at radius 2 is 1.19 bits per heavy atom. The summed E-state index contributed by atoms with van der Waals surface area (Å²) in [5, 5.41) is 10.3. The van der Waals surface area contributed by atoms with Crippen LogP contribution in [0.1, 0.15) is 43.5 Å². The molecule has 0 aliphatic carbocycles. The predicted octanol–water partition coefficient (Wildman–Crippen LogP) is 3.75. The van der Waals surface area contributed by atoms with Crippen molar-refractivity contribution in [1.29, 1.82) is 0 Å². The van der Waals surface area contributed by atoms with Gasteiger partial charge < -0.3 is 47.7 Å². The highest BCUT2D eigenvalue weighted by atomic mass is 16.9. The Balaban J connectivity index is 1.01. The molecule has 0 amide bonds. The third-order valence-electron chi connectivity index (χ3n) is 8.24. The summed E-state index contributed by atoms with van der Waals surface area (Å²) < 4.78 is 54.3. The molecule has 230 valence electrons. The number of rotatable bonds is 13. The van der Waals surface area contributed by atoms with Gasteiger partial charge in [0.05, 0.1) is 76.9 Å². The van der Waals surface area contributed by atoms with Crippen LogP contribution in [-0.4, -0.2) is 89.4 Å². The van der Waals surface area contributed by atoms with Gasteiger partial charge in [-0.1, -0.05) is 60.7 Å². The van der Waals surface area contributed by atoms with Crippen molar-refractivity contribution in [1.82, 2.24) is 0 Å². The van der Waals surface area contributed by atoms with Crippen molar-refractivity contribution >= 4 is 0 Å². The normalized spacial score (nSPS) is 36.3. The molecule has 0 atom stereocenters. The van der Waals surface area contributed by atoms with Gasteiger partial charge in [-0.2, -0.15) is 0 Å². The van der Waals surface area contributed by atoms with E-state index in [-0.39, 0.29) is 18.8 Å². The third-order valence-corrected chi connectivity index (χ3v) is 8.24. The van der Waals surface area contributed by atoms with Gasteiger partial charge in [0, 0.05) is 24.2 Å². The highest BCUT2D eigenvalue weighted by Crippen LogP contribution is 2.42. The molecule has 0 saturated carbocycles. The second-order valence-corrected chi connectivity index (χ2v) is 12.3. The summed E-state index contributed by atoms with van der Waals surface area (Å²) in [4.78, 5) is 0. The molecule has 0 aromatic heterocycles. The second kappa shape index (κ2) is 13.0. The Kier molecular flexibility index (Phi) is 9.28. The molecular weight excluding hydrogens is 544 g/mol. The maximum absolute atomic E-state index is 10.3. The van der Waals surface area contributed by atoms with Crippen LogP contribution in [0.15, 0.2) is 60.7 Å². The minimum atomic E-state index is -0.943. The SMILES string of the molecule is CC12COC(CCCOCC3(COCC4(CO)COC(c5ccccc5)OC4)COC(c4ccccc4)OC3)(OC1)O2. The lowest BCUT2D eigenvalue weighted by molar-refractivity contribution is -0.303. The topological polar surface area (TPSA) is 103 Å². The fourth-order valence-corrected chi connectivity index (χ4v) is 5.68. The van der Waals surface area contributed by atoms with Crippen molar-refractivity contribution < 1.29 is 47.7 Å². The quantitative estimate of drug-likeness (QED) is 0.349. The van der Waals surface area contributed by atoms with Gasteiger partial charge >= 0.3 is 0 Å². The number of benzene rings is 2. The first-order valence-electron chi connectivity index (χ1n) is 14.8. The van der Waals surface area contributed by atoms with Gasteiger partial charge in [-0.05, 0) is 13.3 Å². The summed E-state index contributed by atoms with van der Waals surface area (Å²) in [5.74, 6) is -0.943. The minimum Gasteiger partial charge on any atom is -0.396 e. The van der Waals surface area contributed by atoms with Gasteiger partial charge in [-0.15, -0.1) is 0 Å². The predicted molar refractivity (Wildman–Crippen MR) is 149 cm³/mol. The third kappa shape index (κ3) is 6.89. The van der Waals surface area contributed by atoms with Crippen molar-refractivity contribution in [2.75, 3.05) is 72.7 Å². The lowest BCUT2D eigenvalue weighted by Crippen LogP contribution is -2.49. The number of aliphatic hydroxyl groups excluding tert-OH is 1. The molecule has 10 heteroatoms. The lowest BCUT2D eigenvalue weighted by Gasteiger charge is -2.42. The molecule has 4 saturated heterocycles. The second-order valence-electron chi connectivity index (χ2n) is 12.3. The average molecular weight is 587 g/mol. The Morgan fingerprint density at radius 3 is 1.69 bits per heavy atom. The molecule has 2 bridgehead atoms. The standard InChI is InChI=1S/C32H42O10/c1-29-16-40-32(42-29,41-17-29)13-8-14-34-19-31(23-38-28(39-24-31)26-11-6-3-7-12-26)20-35-18-30(15-33)21-36-27(37-22-30)25-9-4-2-5-10-25/h2-7,9-12,27-28,33H,8,13-24H2,1H3. The molecule has 0 unspecified atom stereocenters. The molecule has 0 radical (unpaired) electrons. The Hall–Kier alpha value is -1.96. The monoisotopic (exact) mass is 586 g/mol. The van der Waals surface area contributed by atoms with Crippen LogP contribution in [0, 0.1) is 10.8 Å². The molecule has 4 heterocycles. The van der Waals surface area contributed by atoms with Crippen LogP contribution in [0.2, 0.25) is 0 Å². The van der Waals surface area contributed by atoms with E-state index >= 15 is 0 Å². The van der Waals surface area contributed by atoms with Crippen molar-refractivity contribution in [3.05, 3.63) is 71.8 Å². The van der Waals surface area contributed by atoms with E-state index in [4.69, 9.17) is 42.6 Å². The summed E-state index contributed by atoms with van der Waals surface area (Å²) in [7, 11) is 0. The van der Waals surface area contributed by atoms with E-state index in [0.717, 1.165) is 11.1 Å². The van der Waals surface area contributed by atoms with E-state index in [9.17, 15) is 5.11 Å². The molecule has 42 heavy (non-hydrogen) atoms. The van der Waals surface area contributed by atoms with Crippen molar-refractivity contribution in [3.8, 4) is 0 Å². The van der Waals surface area contributed by atoms with Gasteiger partial charge in [0.1, 0.15) is 5.60 Å². The van der Waals surface area contributed by atoms with Gasteiger partial charge in [0.2, 0.25) is 0 Å². The number of fused-ring (bicyclic) bond motifs is 2. The maximum atomic E-state index is 10.3. The number of aliphatic hydroxyl groups is 1. The summed E-state index contributed by atoms with van der Waals surface area (Å²) in [5.41, 5.74) is 0.385. The van der Waals surface area contributed by atoms with Gasteiger partial charge in [0.15, 0.2) is 12.6 Å². The zero-order valence-corrected chi connectivity index (χ0v) is 24.2. The fraction of sp³-hybridized carbons (Fsp3) is 0.625. The van der Waals surface area contributed by atoms with E-state index in [0.29, 0.717) is 72.3 Å². The van der Waals surface area contributed by atoms with Crippen molar-refractivity contribution in [2.24, 2.45) is 10.8 Å². The summed E-state index contributed by atoms with van der Waals surface area (Å²) in [6.45, 7) is 5.91. The molecule has 6 rings (SSSR count). The maximum Gasteiger partial charge on any atom is 0.283 e. The molecule has 10 nitrogen and oxygen atoms in total. The average Bonchev–Trinajstić information content (AvgIpc) is 3.56. The zero-order chi connectivity index (χ0) is 28.9. The van der Waals surface area contributed by atoms with E-state index in [1.165, 1.54) is 0 Å². The highest BCUT2D eigenvalue weighted by Gasteiger charge is 2.56. The van der Waals surface area contributed by atoms with E-state index < -0.39 is 29.4 Å². The van der Waals surface area contributed by atoms with E-state index in [2.05, 4.69) is 0 Å². The molecule has 4 aliphatic heterocycles.